The molecule has 1 aliphatic heterocycles. The molecule has 0 aromatic rings. The lowest BCUT2D eigenvalue weighted by Gasteiger charge is -2.39. The van der Waals surface area contributed by atoms with Crippen LogP contribution in [-0.2, 0) is 0 Å². The van der Waals surface area contributed by atoms with E-state index in [9.17, 15) is 0 Å². The van der Waals surface area contributed by atoms with Gasteiger partial charge in [0.2, 0.25) is 0 Å². The van der Waals surface area contributed by atoms with Gasteiger partial charge in [-0.1, -0.05) is 26.2 Å². The fraction of sp³-hybridized carbons (Fsp3) is 1.00. The van der Waals surface area contributed by atoms with Crippen LogP contribution in [0.2, 0.25) is 0 Å². The summed E-state index contributed by atoms with van der Waals surface area (Å²) in [7, 11) is 2.25. The van der Waals surface area contributed by atoms with Gasteiger partial charge in [-0.2, -0.15) is 0 Å². The van der Waals surface area contributed by atoms with E-state index in [1.165, 1.54) is 64.6 Å². The van der Waals surface area contributed by atoms with Crippen molar-refractivity contribution < 1.29 is 0 Å². The predicted octanol–water partition coefficient (Wildman–Crippen LogP) is 3.28. The highest BCUT2D eigenvalue weighted by molar-refractivity contribution is 4.85. The highest BCUT2D eigenvalue weighted by Gasteiger charge is 2.30. The summed E-state index contributed by atoms with van der Waals surface area (Å²) in [6, 6.07) is 0.724. The van der Waals surface area contributed by atoms with Crippen molar-refractivity contribution in [3.05, 3.63) is 0 Å². The molecule has 0 aromatic heterocycles. The summed E-state index contributed by atoms with van der Waals surface area (Å²) in [5.74, 6) is 0.939. The summed E-state index contributed by atoms with van der Waals surface area (Å²) < 4.78 is 0. The van der Waals surface area contributed by atoms with Crippen molar-refractivity contribution in [1.82, 2.24) is 10.2 Å². The van der Waals surface area contributed by atoms with Crippen LogP contribution in [0.5, 0.6) is 0 Å². The lowest BCUT2D eigenvalue weighted by molar-refractivity contribution is 0.128. The monoisotopic (exact) mass is 252 g/mol. The van der Waals surface area contributed by atoms with Crippen LogP contribution in [-0.4, -0.2) is 37.6 Å². The van der Waals surface area contributed by atoms with E-state index in [4.69, 9.17) is 0 Å². The van der Waals surface area contributed by atoms with Gasteiger partial charge in [-0.3, -0.25) is 0 Å². The molecule has 2 heteroatoms. The molecular weight excluding hydrogens is 220 g/mol. The first-order chi connectivity index (χ1) is 8.59. The van der Waals surface area contributed by atoms with E-state index in [-0.39, 0.29) is 0 Å². The van der Waals surface area contributed by atoms with Crippen molar-refractivity contribution in [2.24, 2.45) is 11.3 Å². The first-order valence-corrected chi connectivity index (χ1v) is 8.01. The van der Waals surface area contributed by atoms with Crippen molar-refractivity contribution in [2.75, 3.05) is 26.7 Å². The van der Waals surface area contributed by atoms with E-state index in [1.807, 2.05) is 0 Å². The van der Waals surface area contributed by atoms with E-state index >= 15 is 0 Å². The molecule has 2 aliphatic rings. The summed E-state index contributed by atoms with van der Waals surface area (Å²) in [6.45, 7) is 8.65. The maximum Gasteiger partial charge on any atom is 0.00672 e. The van der Waals surface area contributed by atoms with Gasteiger partial charge in [-0.05, 0) is 64.1 Å². The smallest absolute Gasteiger partial charge is 0.00672 e. The van der Waals surface area contributed by atoms with Gasteiger partial charge in [-0.25, -0.2) is 0 Å². The largest absolute Gasteiger partial charge is 0.313 e. The van der Waals surface area contributed by atoms with Crippen LogP contribution in [0.4, 0.5) is 0 Å². The highest BCUT2D eigenvalue weighted by Crippen LogP contribution is 2.31. The van der Waals surface area contributed by atoms with Gasteiger partial charge in [-0.15, -0.1) is 0 Å². The van der Waals surface area contributed by atoms with Gasteiger partial charge in [0, 0.05) is 12.6 Å². The normalized spacial score (nSPS) is 28.2. The highest BCUT2D eigenvalue weighted by atomic mass is 15.1. The fourth-order valence-corrected chi connectivity index (χ4v) is 3.54. The number of hydrogen-bond acceptors (Lipinski definition) is 2. The third kappa shape index (κ3) is 3.96. The molecule has 1 saturated heterocycles. The van der Waals surface area contributed by atoms with E-state index in [1.54, 1.807) is 0 Å². The Morgan fingerprint density at radius 2 is 1.78 bits per heavy atom. The summed E-state index contributed by atoms with van der Waals surface area (Å²) in [6.07, 6.45) is 9.99. The molecule has 106 valence electrons. The minimum Gasteiger partial charge on any atom is -0.313 e. The van der Waals surface area contributed by atoms with Crippen LogP contribution in [0, 0.1) is 11.3 Å². The van der Waals surface area contributed by atoms with Gasteiger partial charge >= 0.3 is 0 Å². The van der Waals surface area contributed by atoms with Crippen LogP contribution in [0.25, 0.3) is 0 Å². The Balaban J connectivity index is 1.72. The molecule has 0 spiro atoms. The van der Waals surface area contributed by atoms with E-state index in [2.05, 4.69) is 31.1 Å². The first-order valence-electron chi connectivity index (χ1n) is 8.01. The fourth-order valence-electron chi connectivity index (χ4n) is 3.54. The zero-order valence-corrected chi connectivity index (χ0v) is 12.7. The Bertz CT molecular complexity index is 237. The van der Waals surface area contributed by atoms with Gasteiger partial charge in [0.05, 0.1) is 0 Å². The van der Waals surface area contributed by atoms with Gasteiger partial charge in [0.1, 0.15) is 0 Å². The Hall–Kier alpha value is -0.0800. The molecule has 2 fully saturated rings. The van der Waals surface area contributed by atoms with Crippen LogP contribution in [0.1, 0.15) is 58.8 Å². The third-order valence-corrected chi connectivity index (χ3v) is 5.40. The maximum absolute atomic E-state index is 3.86. The zero-order valence-electron chi connectivity index (χ0n) is 12.7. The van der Waals surface area contributed by atoms with Crippen LogP contribution < -0.4 is 5.32 Å². The van der Waals surface area contributed by atoms with Crippen molar-refractivity contribution >= 4 is 0 Å². The molecule has 2 nitrogen and oxygen atoms in total. The molecule has 1 atom stereocenters. The molecule has 18 heavy (non-hydrogen) atoms. The Labute approximate surface area is 114 Å². The van der Waals surface area contributed by atoms with Crippen LogP contribution in [0.15, 0.2) is 0 Å². The predicted molar refractivity (Wildman–Crippen MR) is 78.9 cm³/mol. The van der Waals surface area contributed by atoms with E-state index in [0.29, 0.717) is 5.41 Å². The number of likely N-dealkylation sites (tertiary alicyclic amines) is 1. The number of piperidine rings is 1. The molecule has 1 aliphatic carbocycles. The molecule has 0 aromatic carbocycles. The van der Waals surface area contributed by atoms with Crippen LogP contribution >= 0.6 is 0 Å². The second-order valence-electron chi connectivity index (χ2n) is 7.18. The van der Waals surface area contributed by atoms with Crippen molar-refractivity contribution in [3.8, 4) is 0 Å². The zero-order chi connectivity index (χ0) is 13.0. The molecule has 1 saturated carbocycles. The van der Waals surface area contributed by atoms with Gasteiger partial charge in [0.25, 0.3) is 0 Å². The third-order valence-electron chi connectivity index (χ3n) is 5.40. The minimum atomic E-state index is 0.537. The summed E-state index contributed by atoms with van der Waals surface area (Å²) in [5.41, 5.74) is 0.537. The van der Waals surface area contributed by atoms with Crippen molar-refractivity contribution in [3.63, 3.8) is 0 Å². The SMILES string of the molecule is CC(NCC1(C)CCN(C)CC1)C1CCCCC1. The van der Waals surface area contributed by atoms with Crippen molar-refractivity contribution in [2.45, 2.75) is 64.8 Å². The lowest BCUT2D eigenvalue weighted by Crippen LogP contribution is -2.45. The molecule has 0 radical (unpaired) electrons. The molecule has 1 N–H and O–H groups in total. The number of nitrogens with zero attached hydrogens (tertiary/aromatic N) is 1. The van der Waals surface area contributed by atoms with Crippen LogP contribution in [0.3, 0.4) is 0 Å². The molecular formula is C16H32N2. The average Bonchev–Trinajstić information content (AvgIpc) is 2.41. The number of hydrogen-bond donors (Lipinski definition) is 1. The second-order valence-corrected chi connectivity index (χ2v) is 7.18. The first kappa shape index (κ1) is 14.3. The molecule has 0 bridgehead atoms. The van der Waals surface area contributed by atoms with Gasteiger partial charge in [0.15, 0.2) is 0 Å². The molecule has 2 rings (SSSR count). The Morgan fingerprint density at radius 1 is 1.17 bits per heavy atom. The lowest BCUT2D eigenvalue weighted by atomic mass is 9.79. The topological polar surface area (TPSA) is 15.3 Å². The number of rotatable bonds is 4. The van der Waals surface area contributed by atoms with E-state index < -0.39 is 0 Å². The number of nitrogens with one attached hydrogen (secondary N) is 1. The summed E-state index contributed by atoms with van der Waals surface area (Å²) in [5, 5.41) is 3.86. The van der Waals surface area contributed by atoms with Gasteiger partial charge < -0.3 is 10.2 Å². The molecule has 1 unspecified atom stereocenters. The van der Waals surface area contributed by atoms with Crippen molar-refractivity contribution in [1.29, 1.82) is 0 Å². The van der Waals surface area contributed by atoms with E-state index in [0.717, 1.165) is 12.0 Å². The summed E-state index contributed by atoms with van der Waals surface area (Å²) >= 11 is 0. The summed E-state index contributed by atoms with van der Waals surface area (Å²) in [4.78, 5) is 2.46. The standard InChI is InChI=1S/C16H32N2/c1-14(15-7-5-4-6-8-15)17-13-16(2)9-11-18(3)12-10-16/h14-15,17H,4-13H2,1-3H3. The maximum atomic E-state index is 3.86. The molecule has 0 amide bonds. The average molecular weight is 252 g/mol. The minimum absolute atomic E-state index is 0.537. The Morgan fingerprint density at radius 3 is 2.39 bits per heavy atom. The quantitative estimate of drug-likeness (QED) is 0.826. The molecule has 1 heterocycles. The Kier molecular flexibility index (Phi) is 5.08. The second kappa shape index (κ2) is 6.38.